The van der Waals surface area contributed by atoms with Gasteiger partial charge in [-0.3, -0.25) is 9.59 Å². The van der Waals surface area contributed by atoms with Crippen LogP contribution in [0.15, 0.2) is 30.3 Å². The number of nitrogens with zero attached hydrogens (tertiary/aromatic N) is 1. The van der Waals surface area contributed by atoms with E-state index in [4.69, 9.17) is 0 Å². The summed E-state index contributed by atoms with van der Waals surface area (Å²) in [4.78, 5) is 25.5. The first-order valence-electron chi connectivity index (χ1n) is 5.85. The Morgan fingerprint density at radius 3 is 2.65 bits per heavy atom. The first-order valence-corrected chi connectivity index (χ1v) is 5.85. The summed E-state index contributed by atoms with van der Waals surface area (Å²) >= 11 is 0. The molecule has 1 heterocycles. The predicted octanol–water partition coefficient (Wildman–Crippen LogP) is 1.10. The number of nitrogens with one attached hydrogen (secondary N) is 1. The van der Waals surface area contributed by atoms with Gasteiger partial charge in [0.15, 0.2) is 0 Å². The van der Waals surface area contributed by atoms with Crippen molar-refractivity contribution in [2.24, 2.45) is 0 Å². The molecule has 17 heavy (non-hydrogen) atoms. The van der Waals surface area contributed by atoms with Gasteiger partial charge in [-0.1, -0.05) is 30.3 Å². The molecule has 1 unspecified atom stereocenters. The molecule has 0 saturated carbocycles. The lowest BCUT2D eigenvalue weighted by Gasteiger charge is -2.22. The Bertz CT molecular complexity index is 417. The molecule has 1 aliphatic heterocycles. The molecule has 0 bridgehead atoms. The van der Waals surface area contributed by atoms with Crippen LogP contribution in [-0.4, -0.2) is 29.8 Å². The summed E-state index contributed by atoms with van der Waals surface area (Å²) in [5.74, 6) is -0.0901. The lowest BCUT2D eigenvalue weighted by molar-refractivity contribution is -0.133. The third-order valence-corrected chi connectivity index (χ3v) is 2.99. The van der Waals surface area contributed by atoms with Crippen LogP contribution in [0, 0.1) is 0 Å². The minimum atomic E-state index is -0.536. The van der Waals surface area contributed by atoms with Crippen LogP contribution in [0.5, 0.6) is 0 Å². The number of hydrogen-bond donors (Lipinski definition) is 1. The lowest BCUT2D eigenvalue weighted by atomic mass is 10.1. The van der Waals surface area contributed by atoms with E-state index < -0.39 is 6.04 Å². The van der Waals surface area contributed by atoms with Crippen LogP contribution in [-0.2, 0) is 9.59 Å². The second-order valence-corrected chi connectivity index (χ2v) is 4.08. The van der Waals surface area contributed by atoms with Crippen LogP contribution in [0.1, 0.15) is 24.9 Å². The van der Waals surface area contributed by atoms with Gasteiger partial charge in [0.2, 0.25) is 11.8 Å². The summed E-state index contributed by atoms with van der Waals surface area (Å²) in [5, 5.41) is 2.78. The second kappa shape index (κ2) is 4.99. The molecule has 0 radical (unpaired) electrons. The Balaban J connectivity index is 2.29. The van der Waals surface area contributed by atoms with Gasteiger partial charge in [-0.15, -0.1) is 0 Å². The quantitative estimate of drug-likeness (QED) is 0.830. The summed E-state index contributed by atoms with van der Waals surface area (Å²) in [5.41, 5.74) is 0.839. The molecule has 0 spiro atoms. The van der Waals surface area contributed by atoms with Crippen LogP contribution < -0.4 is 5.32 Å². The molecule has 2 rings (SSSR count). The molecule has 1 aromatic rings. The Kier molecular flexibility index (Phi) is 3.42. The number of carbonyl (C=O) groups is 2. The average molecular weight is 232 g/mol. The molecular weight excluding hydrogens is 216 g/mol. The maximum atomic E-state index is 12.2. The standard InChI is InChI=1S/C13H16N2O2/c1-2-15-9-8-11(16)14-12(13(15)17)10-6-4-3-5-7-10/h3-7,12H,2,8-9H2,1H3,(H,14,16). The van der Waals surface area contributed by atoms with Gasteiger partial charge in [0.25, 0.3) is 0 Å². The summed E-state index contributed by atoms with van der Waals surface area (Å²) in [6.45, 7) is 3.07. The predicted molar refractivity (Wildman–Crippen MR) is 64.2 cm³/mol. The van der Waals surface area contributed by atoms with E-state index in [1.165, 1.54) is 0 Å². The Morgan fingerprint density at radius 1 is 1.29 bits per heavy atom. The zero-order chi connectivity index (χ0) is 12.3. The zero-order valence-electron chi connectivity index (χ0n) is 9.85. The fourth-order valence-electron chi connectivity index (χ4n) is 2.01. The molecule has 1 atom stereocenters. The number of carbonyl (C=O) groups excluding carboxylic acids is 2. The van der Waals surface area contributed by atoms with E-state index in [1.54, 1.807) is 4.90 Å². The Labute approximate surface area is 101 Å². The summed E-state index contributed by atoms with van der Waals surface area (Å²) < 4.78 is 0. The molecule has 1 aliphatic rings. The molecule has 0 aliphatic carbocycles. The monoisotopic (exact) mass is 232 g/mol. The van der Waals surface area contributed by atoms with Gasteiger partial charge in [-0.25, -0.2) is 0 Å². The van der Waals surface area contributed by atoms with Crippen LogP contribution in [0.3, 0.4) is 0 Å². The van der Waals surface area contributed by atoms with Crippen molar-refractivity contribution in [3.63, 3.8) is 0 Å². The molecule has 1 saturated heterocycles. The smallest absolute Gasteiger partial charge is 0.249 e. The van der Waals surface area contributed by atoms with E-state index in [9.17, 15) is 9.59 Å². The minimum absolute atomic E-state index is 0.0236. The average Bonchev–Trinajstić information content (AvgIpc) is 2.50. The maximum absolute atomic E-state index is 12.2. The van der Waals surface area contributed by atoms with Gasteiger partial charge in [-0.2, -0.15) is 0 Å². The summed E-state index contributed by atoms with van der Waals surface area (Å²) in [6, 6.07) is 8.83. The number of amides is 2. The molecule has 90 valence electrons. The third kappa shape index (κ3) is 2.46. The second-order valence-electron chi connectivity index (χ2n) is 4.08. The van der Waals surface area contributed by atoms with Crippen molar-refractivity contribution in [1.82, 2.24) is 10.2 Å². The number of rotatable bonds is 2. The number of hydrogen-bond acceptors (Lipinski definition) is 2. The first kappa shape index (κ1) is 11.6. The van der Waals surface area contributed by atoms with Gasteiger partial charge >= 0.3 is 0 Å². The van der Waals surface area contributed by atoms with Crippen LogP contribution >= 0.6 is 0 Å². The molecule has 1 N–H and O–H groups in total. The Hall–Kier alpha value is -1.84. The van der Waals surface area contributed by atoms with Crippen molar-refractivity contribution in [1.29, 1.82) is 0 Å². The van der Waals surface area contributed by atoms with Crippen LogP contribution in [0.4, 0.5) is 0 Å². The van der Waals surface area contributed by atoms with E-state index in [-0.39, 0.29) is 11.8 Å². The van der Waals surface area contributed by atoms with Gasteiger partial charge < -0.3 is 10.2 Å². The molecule has 1 fully saturated rings. The molecule has 0 aromatic heterocycles. The van der Waals surface area contributed by atoms with Gasteiger partial charge in [0, 0.05) is 19.5 Å². The van der Waals surface area contributed by atoms with Crippen molar-refractivity contribution in [2.45, 2.75) is 19.4 Å². The third-order valence-electron chi connectivity index (χ3n) is 2.99. The van der Waals surface area contributed by atoms with Crippen molar-refractivity contribution in [2.75, 3.05) is 13.1 Å². The molecule has 1 aromatic carbocycles. The van der Waals surface area contributed by atoms with Crippen LogP contribution in [0.25, 0.3) is 0 Å². The van der Waals surface area contributed by atoms with Gasteiger partial charge in [0.05, 0.1) is 0 Å². The molecular formula is C13H16N2O2. The van der Waals surface area contributed by atoms with E-state index in [0.29, 0.717) is 19.5 Å². The van der Waals surface area contributed by atoms with Gasteiger partial charge in [0.1, 0.15) is 6.04 Å². The summed E-state index contributed by atoms with van der Waals surface area (Å²) in [7, 11) is 0. The SMILES string of the molecule is CCN1CCC(=O)NC(c2ccccc2)C1=O. The largest absolute Gasteiger partial charge is 0.340 e. The summed E-state index contributed by atoms with van der Waals surface area (Å²) in [6.07, 6.45) is 0.378. The highest BCUT2D eigenvalue weighted by molar-refractivity contribution is 5.90. The maximum Gasteiger partial charge on any atom is 0.249 e. The number of benzene rings is 1. The van der Waals surface area contributed by atoms with Crippen LogP contribution in [0.2, 0.25) is 0 Å². The number of likely N-dealkylation sites (N-methyl/N-ethyl adjacent to an activating group) is 1. The zero-order valence-corrected chi connectivity index (χ0v) is 9.85. The molecule has 4 nitrogen and oxygen atoms in total. The fraction of sp³-hybridized carbons (Fsp3) is 0.385. The highest BCUT2D eigenvalue weighted by atomic mass is 16.2. The lowest BCUT2D eigenvalue weighted by Crippen LogP contribution is -2.38. The molecule has 4 heteroatoms. The first-order chi connectivity index (χ1) is 8.22. The molecule has 2 amide bonds. The highest BCUT2D eigenvalue weighted by Crippen LogP contribution is 2.18. The van der Waals surface area contributed by atoms with E-state index in [2.05, 4.69) is 5.32 Å². The highest BCUT2D eigenvalue weighted by Gasteiger charge is 2.29. The van der Waals surface area contributed by atoms with E-state index in [0.717, 1.165) is 5.56 Å². The van der Waals surface area contributed by atoms with Crippen molar-refractivity contribution in [3.8, 4) is 0 Å². The minimum Gasteiger partial charge on any atom is -0.340 e. The van der Waals surface area contributed by atoms with Crippen molar-refractivity contribution in [3.05, 3.63) is 35.9 Å². The van der Waals surface area contributed by atoms with E-state index >= 15 is 0 Å². The normalized spacial score (nSPS) is 21.0. The van der Waals surface area contributed by atoms with Gasteiger partial charge in [-0.05, 0) is 12.5 Å². The van der Waals surface area contributed by atoms with Crippen molar-refractivity contribution < 1.29 is 9.59 Å². The fourth-order valence-corrected chi connectivity index (χ4v) is 2.01. The van der Waals surface area contributed by atoms with E-state index in [1.807, 2.05) is 37.3 Å². The Morgan fingerprint density at radius 2 is 2.00 bits per heavy atom. The van der Waals surface area contributed by atoms with Crippen molar-refractivity contribution >= 4 is 11.8 Å². The topological polar surface area (TPSA) is 49.4 Å².